The highest BCUT2D eigenvalue weighted by Gasteiger charge is 2.44. The van der Waals surface area contributed by atoms with E-state index in [0.29, 0.717) is 25.0 Å². The van der Waals surface area contributed by atoms with Crippen LogP contribution in [0.15, 0.2) is 0 Å². The highest BCUT2D eigenvalue weighted by Crippen LogP contribution is 2.24. The smallest absolute Gasteiger partial charge is 0.242 e. The average molecular weight is 432 g/mol. The van der Waals surface area contributed by atoms with Crippen LogP contribution in [0.2, 0.25) is 0 Å². The first kappa shape index (κ1) is 23.6. The maximum atomic E-state index is 12.9. The minimum atomic E-state index is -0.599. The lowest BCUT2D eigenvalue weighted by molar-refractivity contribution is -0.144. The number of hydrogen-bond donors (Lipinski definition) is 3. The van der Waals surface area contributed by atoms with E-state index in [2.05, 4.69) is 61.3 Å². The van der Waals surface area contributed by atoms with E-state index < -0.39 is 11.1 Å². The van der Waals surface area contributed by atoms with Crippen molar-refractivity contribution >= 4 is 17.8 Å². The van der Waals surface area contributed by atoms with Gasteiger partial charge in [0.15, 0.2) is 0 Å². The standard InChI is InChI=1S/C21H37N9O/c1-19(2,13-30-14-20(3,4)28-21(5,6)16(30)31)27-18-25-15-24-17(26-18)23-9-12-29-10-7-22-8-11-29/h28H,7-14H2,1-6H3,(H2,23,24,25,26,27). The summed E-state index contributed by atoms with van der Waals surface area (Å²) >= 11 is 0. The van der Waals surface area contributed by atoms with Crippen LogP contribution in [-0.2, 0) is 4.79 Å². The largest absolute Gasteiger partial charge is 0.353 e. The van der Waals surface area contributed by atoms with Gasteiger partial charge >= 0.3 is 0 Å². The lowest BCUT2D eigenvalue weighted by Gasteiger charge is -2.49. The van der Waals surface area contributed by atoms with Crippen molar-refractivity contribution in [2.45, 2.75) is 58.2 Å². The molecular formula is C21H37N9O. The molecule has 3 rings (SSSR count). The molecule has 0 spiro atoms. The highest BCUT2D eigenvalue weighted by atomic mass is 16.2. The van der Waals surface area contributed by atoms with Crippen molar-refractivity contribution < 1.29 is 4.79 Å². The van der Waals surface area contributed by atoms with Gasteiger partial charge in [-0.2, -0.15) is 15.0 Å². The van der Waals surface area contributed by atoms with Gasteiger partial charge in [0.1, 0.15) is 0 Å². The Bertz CT molecular complexity index is 759. The normalized spacial score (nSPS) is 21.7. The lowest BCUT2D eigenvalue weighted by Crippen LogP contribution is -2.71. The van der Waals surface area contributed by atoms with Crippen LogP contribution in [0, 0.1) is 6.33 Å². The quantitative estimate of drug-likeness (QED) is 0.535. The number of carbonyl (C=O) groups is 1. The second-order valence-corrected chi connectivity index (χ2v) is 10.3. The van der Waals surface area contributed by atoms with Crippen LogP contribution >= 0.6 is 0 Å². The van der Waals surface area contributed by atoms with Gasteiger partial charge in [0.2, 0.25) is 24.1 Å². The molecule has 0 bridgehead atoms. The van der Waals surface area contributed by atoms with Gasteiger partial charge < -0.3 is 15.5 Å². The van der Waals surface area contributed by atoms with Crippen LogP contribution in [0.25, 0.3) is 0 Å². The van der Waals surface area contributed by atoms with E-state index in [9.17, 15) is 4.79 Å². The van der Waals surface area contributed by atoms with Crippen LogP contribution in [0.4, 0.5) is 11.9 Å². The lowest BCUT2D eigenvalue weighted by atomic mass is 9.89. The number of piperazine rings is 2. The van der Waals surface area contributed by atoms with Gasteiger partial charge in [0.05, 0.1) is 11.1 Å². The van der Waals surface area contributed by atoms with Gasteiger partial charge in [-0.3, -0.25) is 15.0 Å². The molecule has 3 N–H and O–H groups in total. The van der Waals surface area contributed by atoms with Crippen LogP contribution in [-0.4, -0.2) is 99.6 Å². The third-order valence-electron chi connectivity index (χ3n) is 5.48. The fourth-order valence-corrected chi connectivity index (χ4v) is 4.43. The number of hydrogen-bond acceptors (Lipinski definition) is 8. The van der Waals surface area contributed by atoms with Gasteiger partial charge in [-0.1, -0.05) is 0 Å². The van der Waals surface area contributed by atoms with Gasteiger partial charge in [-0.05, 0) is 41.5 Å². The minimum Gasteiger partial charge on any atom is -0.353 e. The summed E-state index contributed by atoms with van der Waals surface area (Å²) in [6, 6.07) is 0. The Balaban J connectivity index is 1.56. The van der Waals surface area contributed by atoms with Crippen LogP contribution in [0.3, 0.4) is 0 Å². The van der Waals surface area contributed by atoms with E-state index in [1.807, 2.05) is 32.6 Å². The summed E-state index contributed by atoms with van der Waals surface area (Å²) in [6.45, 7) is 18.9. The van der Waals surface area contributed by atoms with Crippen LogP contribution in [0.1, 0.15) is 41.5 Å². The molecule has 0 saturated carbocycles. The van der Waals surface area contributed by atoms with Gasteiger partial charge in [-0.15, -0.1) is 0 Å². The maximum Gasteiger partial charge on any atom is 0.242 e. The van der Waals surface area contributed by atoms with E-state index in [1.54, 1.807) is 0 Å². The zero-order valence-corrected chi connectivity index (χ0v) is 19.7. The fourth-order valence-electron chi connectivity index (χ4n) is 4.43. The summed E-state index contributed by atoms with van der Waals surface area (Å²) in [7, 11) is 0. The number of rotatable bonds is 8. The summed E-state index contributed by atoms with van der Waals surface area (Å²) in [4.78, 5) is 30.0. The van der Waals surface area contributed by atoms with Gasteiger partial charge in [0, 0.05) is 57.9 Å². The third kappa shape index (κ3) is 6.72. The van der Waals surface area contributed by atoms with Crippen molar-refractivity contribution in [3.05, 3.63) is 6.33 Å². The summed E-state index contributed by atoms with van der Waals surface area (Å²) in [6.07, 6.45) is 2.67. The summed E-state index contributed by atoms with van der Waals surface area (Å²) in [5.41, 5.74) is -1.19. The molecule has 0 unspecified atom stereocenters. The molecule has 1 aromatic heterocycles. The van der Waals surface area contributed by atoms with E-state index in [4.69, 9.17) is 0 Å². The van der Waals surface area contributed by atoms with Crippen LogP contribution < -0.4 is 21.3 Å². The molecule has 31 heavy (non-hydrogen) atoms. The third-order valence-corrected chi connectivity index (χ3v) is 5.48. The van der Waals surface area contributed by atoms with E-state index in [1.165, 1.54) is 0 Å². The first-order chi connectivity index (χ1) is 14.5. The second-order valence-electron chi connectivity index (χ2n) is 10.3. The van der Waals surface area contributed by atoms with E-state index >= 15 is 0 Å². The molecule has 172 valence electrons. The molecule has 2 fully saturated rings. The summed E-state index contributed by atoms with van der Waals surface area (Å²) in [5, 5.41) is 14.4. The highest BCUT2D eigenvalue weighted by molar-refractivity contribution is 5.86. The molecule has 2 aliphatic rings. The predicted octanol–water partition coefficient (Wildman–Crippen LogP) is 0.183. The molecule has 1 aromatic rings. The Kier molecular flexibility index (Phi) is 7.02. The van der Waals surface area contributed by atoms with Crippen LogP contribution in [0.5, 0.6) is 0 Å². The van der Waals surface area contributed by atoms with E-state index in [-0.39, 0.29) is 11.4 Å². The molecule has 2 radical (unpaired) electrons. The Morgan fingerprint density at radius 1 is 1.13 bits per heavy atom. The minimum absolute atomic E-state index is 0.0942. The van der Waals surface area contributed by atoms with Gasteiger partial charge in [-0.25, -0.2) is 5.32 Å². The van der Waals surface area contributed by atoms with Crippen molar-refractivity contribution in [3.8, 4) is 0 Å². The number of aromatic nitrogens is 3. The van der Waals surface area contributed by atoms with E-state index in [0.717, 1.165) is 39.3 Å². The first-order valence-corrected chi connectivity index (χ1v) is 11.0. The maximum absolute atomic E-state index is 12.9. The summed E-state index contributed by atoms with van der Waals surface area (Å²) < 4.78 is 0. The van der Waals surface area contributed by atoms with Crippen molar-refractivity contribution in [2.75, 3.05) is 63.0 Å². The molecule has 1 amide bonds. The van der Waals surface area contributed by atoms with Crippen molar-refractivity contribution in [3.63, 3.8) is 0 Å². The molecule has 2 aliphatic heterocycles. The molecule has 0 atom stereocenters. The molecular weight excluding hydrogens is 394 g/mol. The second kappa shape index (κ2) is 9.22. The zero-order chi connectivity index (χ0) is 22.7. The molecule has 2 saturated heterocycles. The topological polar surface area (TPSA) is 112 Å². The Hall–Kier alpha value is -2.04. The molecule has 10 heteroatoms. The molecule has 0 aliphatic carbocycles. The number of nitrogens with zero attached hydrogens (tertiary/aromatic N) is 6. The molecule has 0 aromatic carbocycles. The van der Waals surface area contributed by atoms with Crippen molar-refractivity contribution in [1.29, 1.82) is 0 Å². The number of amides is 1. The number of carbonyl (C=O) groups excluding carboxylic acids is 1. The predicted molar refractivity (Wildman–Crippen MR) is 121 cm³/mol. The van der Waals surface area contributed by atoms with Crippen molar-refractivity contribution in [2.24, 2.45) is 0 Å². The zero-order valence-electron chi connectivity index (χ0n) is 19.7. The Morgan fingerprint density at radius 3 is 2.52 bits per heavy atom. The first-order valence-electron chi connectivity index (χ1n) is 11.0. The Labute approximate surface area is 186 Å². The average Bonchev–Trinajstić information content (AvgIpc) is 2.65. The number of nitrogens with one attached hydrogen (secondary N) is 3. The SMILES string of the molecule is CC(C)(CN1CC(C)(C)NC(C)(C)C1=O)Nc1n[c]nc(NCCN2CC[N]CC2)n1. The van der Waals surface area contributed by atoms with Gasteiger partial charge in [0.25, 0.3) is 0 Å². The monoisotopic (exact) mass is 431 g/mol. The number of anilines is 2. The molecule has 10 nitrogen and oxygen atoms in total. The fraction of sp³-hybridized carbons (Fsp3) is 0.810. The summed E-state index contributed by atoms with van der Waals surface area (Å²) in [5.74, 6) is 1.03. The Morgan fingerprint density at radius 2 is 1.81 bits per heavy atom. The molecule has 3 heterocycles. The van der Waals surface area contributed by atoms with Crippen molar-refractivity contribution in [1.82, 2.24) is 35.4 Å².